The molecule has 0 aromatic rings. The van der Waals surface area contributed by atoms with Crippen LogP contribution in [0.25, 0.3) is 0 Å². The van der Waals surface area contributed by atoms with Gasteiger partial charge in [0.2, 0.25) is 0 Å². The molecule has 0 saturated carbocycles. The van der Waals surface area contributed by atoms with Gasteiger partial charge in [-0.05, 0) is 44.3 Å². The Labute approximate surface area is 111 Å². The van der Waals surface area contributed by atoms with Gasteiger partial charge in [-0.1, -0.05) is 6.92 Å². The maximum Gasteiger partial charge on any atom is 0.0474 e. The summed E-state index contributed by atoms with van der Waals surface area (Å²) in [4.78, 5) is 5.04. The van der Waals surface area contributed by atoms with Crippen molar-refractivity contribution in [3.05, 3.63) is 0 Å². The van der Waals surface area contributed by atoms with Crippen molar-refractivity contribution in [1.29, 1.82) is 0 Å². The van der Waals surface area contributed by atoms with Gasteiger partial charge in [0.25, 0.3) is 0 Å². The SMILES string of the molecule is CCN1CCC(C(CO)CN2CCNCC2)CC1. The number of aliphatic hydroxyl groups is 1. The van der Waals surface area contributed by atoms with Crippen LogP contribution in [-0.2, 0) is 0 Å². The van der Waals surface area contributed by atoms with Gasteiger partial charge in [-0.15, -0.1) is 0 Å². The number of rotatable bonds is 5. The number of likely N-dealkylation sites (tertiary alicyclic amines) is 1. The van der Waals surface area contributed by atoms with Gasteiger partial charge in [0, 0.05) is 39.3 Å². The second-order valence-electron chi connectivity index (χ2n) is 5.76. The minimum atomic E-state index is 0.362. The third-order valence-electron chi connectivity index (χ3n) is 4.68. The molecule has 0 spiro atoms. The summed E-state index contributed by atoms with van der Waals surface area (Å²) in [5.41, 5.74) is 0. The van der Waals surface area contributed by atoms with E-state index in [1.807, 2.05) is 0 Å². The highest BCUT2D eigenvalue weighted by Crippen LogP contribution is 2.25. The number of nitrogens with zero attached hydrogens (tertiary/aromatic N) is 2. The van der Waals surface area contributed by atoms with Crippen molar-refractivity contribution in [2.75, 3.05) is 59.0 Å². The molecule has 18 heavy (non-hydrogen) atoms. The van der Waals surface area contributed by atoms with Crippen molar-refractivity contribution in [2.45, 2.75) is 19.8 Å². The zero-order chi connectivity index (χ0) is 12.8. The molecule has 0 amide bonds. The molecule has 4 heteroatoms. The lowest BCUT2D eigenvalue weighted by Gasteiger charge is -2.38. The first-order chi connectivity index (χ1) is 8.83. The van der Waals surface area contributed by atoms with Crippen LogP contribution in [0.5, 0.6) is 0 Å². The van der Waals surface area contributed by atoms with Crippen LogP contribution >= 0.6 is 0 Å². The van der Waals surface area contributed by atoms with Gasteiger partial charge in [-0.3, -0.25) is 0 Å². The van der Waals surface area contributed by atoms with E-state index in [4.69, 9.17) is 0 Å². The molecule has 2 saturated heterocycles. The topological polar surface area (TPSA) is 38.7 Å². The Bertz CT molecular complexity index is 223. The normalized spacial score (nSPS) is 26.3. The van der Waals surface area contributed by atoms with E-state index in [1.54, 1.807) is 0 Å². The average Bonchev–Trinajstić information content (AvgIpc) is 2.46. The molecule has 1 atom stereocenters. The average molecular weight is 255 g/mol. The molecule has 0 aromatic heterocycles. The highest BCUT2D eigenvalue weighted by molar-refractivity contribution is 4.80. The molecular formula is C14H29N3O. The molecule has 106 valence electrons. The maximum atomic E-state index is 9.68. The molecule has 1 unspecified atom stereocenters. The van der Waals surface area contributed by atoms with Crippen LogP contribution in [0.2, 0.25) is 0 Å². The Kier molecular flexibility index (Phi) is 5.89. The van der Waals surface area contributed by atoms with Gasteiger partial charge in [0.1, 0.15) is 0 Å². The van der Waals surface area contributed by atoms with E-state index in [1.165, 1.54) is 32.5 Å². The van der Waals surface area contributed by atoms with Crippen molar-refractivity contribution < 1.29 is 5.11 Å². The number of nitrogens with one attached hydrogen (secondary N) is 1. The third kappa shape index (κ3) is 3.92. The minimum Gasteiger partial charge on any atom is -0.396 e. The second kappa shape index (κ2) is 7.43. The molecule has 0 radical (unpaired) electrons. The Hall–Kier alpha value is -0.160. The van der Waals surface area contributed by atoms with Crippen molar-refractivity contribution in [3.63, 3.8) is 0 Å². The predicted molar refractivity (Wildman–Crippen MR) is 74.7 cm³/mol. The number of hydrogen-bond acceptors (Lipinski definition) is 4. The summed E-state index contributed by atoms with van der Waals surface area (Å²) in [6.45, 7) is 11.8. The highest BCUT2D eigenvalue weighted by Gasteiger charge is 2.27. The second-order valence-corrected chi connectivity index (χ2v) is 5.76. The molecule has 2 aliphatic heterocycles. The molecule has 0 aromatic carbocycles. The van der Waals surface area contributed by atoms with Crippen LogP contribution in [-0.4, -0.2) is 73.9 Å². The largest absolute Gasteiger partial charge is 0.396 e. The van der Waals surface area contributed by atoms with E-state index in [-0.39, 0.29) is 0 Å². The summed E-state index contributed by atoms with van der Waals surface area (Å²) in [5.74, 6) is 1.22. The Morgan fingerprint density at radius 1 is 1.11 bits per heavy atom. The molecule has 0 bridgehead atoms. The highest BCUT2D eigenvalue weighted by atomic mass is 16.3. The fourth-order valence-electron chi connectivity index (χ4n) is 3.32. The third-order valence-corrected chi connectivity index (χ3v) is 4.68. The fourth-order valence-corrected chi connectivity index (χ4v) is 3.32. The van der Waals surface area contributed by atoms with Gasteiger partial charge in [-0.2, -0.15) is 0 Å². The van der Waals surface area contributed by atoms with E-state index in [0.717, 1.165) is 38.6 Å². The smallest absolute Gasteiger partial charge is 0.0474 e. The van der Waals surface area contributed by atoms with Crippen LogP contribution in [0.4, 0.5) is 0 Å². The van der Waals surface area contributed by atoms with Crippen molar-refractivity contribution >= 4 is 0 Å². The van der Waals surface area contributed by atoms with Crippen molar-refractivity contribution in [3.8, 4) is 0 Å². The first-order valence-electron chi connectivity index (χ1n) is 7.59. The molecule has 2 heterocycles. The summed E-state index contributed by atoms with van der Waals surface area (Å²) in [7, 11) is 0. The summed E-state index contributed by atoms with van der Waals surface area (Å²) in [5, 5.41) is 13.1. The van der Waals surface area contributed by atoms with Gasteiger partial charge in [0.05, 0.1) is 0 Å². The van der Waals surface area contributed by atoms with Gasteiger partial charge in [0.15, 0.2) is 0 Å². The van der Waals surface area contributed by atoms with Gasteiger partial charge < -0.3 is 20.2 Å². The number of aliphatic hydroxyl groups excluding tert-OH is 1. The molecule has 0 aliphatic carbocycles. The van der Waals surface area contributed by atoms with E-state index in [0.29, 0.717) is 12.5 Å². The molecule has 2 N–H and O–H groups in total. The first-order valence-corrected chi connectivity index (χ1v) is 7.59. The summed E-state index contributed by atoms with van der Waals surface area (Å²) in [6, 6.07) is 0. The summed E-state index contributed by atoms with van der Waals surface area (Å²) in [6.07, 6.45) is 2.54. The molecule has 2 rings (SSSR count). The maximum absolute atomic E-state index is 9.68. The van der Waals surface area contributed by atoms with Crippen LogP contribution in [0.15, 0.2) is 0 Å². The predicted octanol–water partition coefficient (Wildman–Crippen LogP) is 0.232. The molecule has 2 aliphatic rings. The van der Waals surface area contributed by atoms with Crippen LogP contribution < -0.4 is 5.32 Å². The zero-order valence-electron chi connectivity index (χ0n) is 11.8. The number of piperidine rings is 1. The molecule has 4 nitrogen and oxygen atoms in total. The fraction of sp³-hybridized carbons (Fsp3) is 1.00. The van der Waals surface area contributed by atoms with Gasteiger partial charge >= 0.3 is 0 Å². The minimum absolute atomic E-state index is 0.362. The van der Waals surface area contributed by atoms with Crippen molar-refractivity contribution in [2.24, 2.45) is 11.8 Å². The summed E-state index contributed by atoms with van der Waals surface area (Å²) < 4.78 is 0. The van der Waals surface area contributed by atoms with Crippen molar-refractivity contribution in [1.82, 2.24) is 15.1 Å². The Balaban J connectivity index is 1.77. The van der Waals surface area contributed by atoms with Gasteiger partial charge in [-0.25, -0.2) is 0 Å². The zero-order valence-corrected chi connectivity index (χ0v) is 11.8. The van der Waals surface area contributed by atoms with Crippen LogP contribution in [0.1, 0.15) is 19.8 Å². The number of hydrogen-bond donors (Lipinski definition) is 2. The standard InChI is InChI=1S/C14H29N3O/c1-2-16-7-3-13(4-8-16)14(12-18)11-17-9-5-15-6-10-17/h13-15,18H,2-12H2,1H3. The lowest BCUT2D eigenvalue weighted by atomic mass is 9.84. The first kappa shape index (κ1) is 14.3. The van der Waals surface area contributed by atoms with E-state index in [9.17, 15) is 5.11 Å². The monoisotopic (exact) mass is 255 g/mol. The Morgan fingerprint density at radius 3 is 2.33 bits per heavy atom. The lowest BCUT2D eigenvalue weighted by molar-refractivity contribution is 0.0760. The lowest BCUT2D eigenvalue weighted by Crippen LogP contribution is -2.47. The number of piperazine rings is 1. The quantitative estimate of drug-likeness (QED) is 0.738. The molecule has 2 fully saturated rings. The Morgan fingerprint density at radius 2 is 1.78 bits per heavy atom. The van der Waals surface area contributed by atoms with Crippen LogP contribution in [0.3, 0.4) is 0 Å². The van der Waals surface area contributed by atoms with E-state index < -0.39 is 0 Å². The van der Waals surface area contributed by atoms with E-state index in [2.05, 4.69) is 22.0 Å². The van der Waals surface area contributed by atoms with Crippen LogP contribution in [0, 0.1) is 11.8 Å². The van der Waals surface area contributed by atoms with E-state index >= 15 is 0 Å². The summed E-state index contributed by atoms with van der Waals surface area (Å²) >= 11 is 0. The molecular weight excluding hydrogens is 226 g/mol.